The molecule has 128 valence electrons. The topological polar surface area (TPSA) is 55.8 Å². The first-order chi connectivity index (χ1) is 11.8. The maximum absolute atomic E-state index is 10.4. The van der Waals surface area contributed by atoms with Crippen molar-refractivity contribution in [2.75, 3.05) is 6.61 Å². The van der Waals surface area contributed by atoms with Crippen LogP contribution in [0.2, 0.25) is 0 Å². The lowest BCUT2D eigenvalue weighted by molar-refractivity contribution is -0.137. The van der Waals surface area contributed by atoms with Crippen molar-refractivity contribution in [2.24, 2.45) is 0 Å². The van der Waals surface area contributed by atoms with E-state index in [4.69, 9.17) is 14.6 Å². The van der Waals surface area contributed by atoms with Crippen molar-refractivity contribution in [3.05, 3.63) is 60.2 Å². The van der Waals surface area contributed by atoms with Crippen LogP contribution in [-0.4, -0.2) is 17.7 Å². The van der Waals surface area contributed by atoms with Gasteiger partial charge in [-0.25, -0.2) is 0 Å². The molecule has 0 amide bonds. The number of hydrogen-bond donors (Lipinski definition) is 1. The van der Waals surface area contributed by atoms with Crippen molar-refractivity contribution in [3.63, 3.8) is 0 Å². The molecule has 24 heavy (non-hydrogen) atoms. The summed E-state index contributed by atoms with van der Waals surface area (Å²) in [5.74, 6) is 0.766. The molecule has 0 aliphatic carbocycles. The van der Waals surface area contributed by atoms with Gasteiger partial charge < -0.3 is 14.6 Å². The van der Waals surface area contributed by atoms with Gasteiger partial charge in [0, 0.05) is 6.42 Å². The molecule has 0 aliphatic rings. The summed E-state index contributed by atoms with van der Waals surface area (Å²) in [5.41, 5.74) is 1.12. The largest absolute Gasteiger partial charge is 0.490 e. The van der Waals surface area contributed by atoms with Gasteiger partial charge in [-0.2, -0.15) is 0 Å². The number of carbonyl (C=O) groups is 1. The van der Waals surface area contributed by atoms with Crippen LogP contribution in [0.5, 0.6) is 11.5 Å². The summed E-state index contributed by atoms with van der Waals surface area (Å²) in [5, 5.41) is 8.59. The smallest absolute Gasteiger partial charge is 0.303 e. The predicted molar refractivity (Wildman–Crippen MR) is 93.4 cm³/mol. The van der Waals surface area contributed by atoms with Crippen molar-refractivity contribution in [1.29, 1.82) is 0 Å². The van der Waals surface area contributed by atoms with E-state index in [0.717, 1.165) is 42.7 Å². The normalized spacial score (nSPS) is 10.3. The van der Waals surface area contributed by atoms with Gasteiger partial charge in [0.1, 0.15) is 6.61 Å². The van der Waals surface area contributed by atoms with Crippen molar-refractivity contribution in [2.45, 2.75) is 38.7 Å². The van der Waals surface area contributed by atoms with Crippen LogP contribution in [0.25, 0.3) is 0 Å². The molecule has 4 heteroatoms. The van der Waals surface area contributed by atoms with E-state index in [1.807, 2.05) is 54.6 Å². The highest BCUT2D eigenvalue weighted by Gasteiger charge is 2.04. The average molecular weight is 328 g/mol. The van der Waals surface area contributed by atoms with E-state index in [1.165, 1.54) is 0 Å². The third-order valence-corrected chi connectivity index (χ3v) is 3.63. The third-order valence-electron chi connectivity index (χ3n) is 3.63. The Morgan fingerprint density at radius 1 is 0.792 bits per heavy atom. The van der Waals surface area contributed by atoms with Crippen molar-refractivity contribution >= 4 is 5.97 Å². The zero-order chi connectivity index (χ0) is 17.0. The molecule has 0 bridgehead atoms. The minimum Gasteiger partial charge on any atom is -0.490 e. The molecule has 0 radical (unpaired) electrons. The fourth-order valence-electron chi connectivity index (χ4n) is 2.34. The Bertz CT molecular complexity index is 610. The van der Waals surface area contributed by atoms with E-state index < -0.39 is 5.97 Å². The molecule has 4 nitrogen and oxygen atoms in total. The Morgan fingerprint density at radius 2 is 1.42 bits per heavy atom. The van der Waals surface area contributed by atoms with Gasteiger partial charge in [-0.05, 0) is 30.5 Å². The van der Waals surface area contributed by atoms with Crippen LogP contribution in [0.1, 0.15) is 37.7 Å². The minimum absolute atomic E-state index is 0.247. The second kappa shape index (κ2) is 10.3. The average Bonchev–Trinajstić information content (AvgIpc) is 2.60. The molecular formula is C20H24O4. The van der Waals surface area contributed by atoms with Gasteiger partial charge >= 0.3 is 5.97 Å². The zero-order valence-electron chi connectivity index (χ0n) is 13.8. The molecule has 0 saturated heterocycles. The van der Waals surface area contributed by atoms with Crippen LogP contribution in [0.4, 0.5) is 0 Å². The van der Waals surface area contributed by atoms with Crippen LogP contribution in [0, 0.1) is 0 Å². The van der Waals surface area contributed by atoms with Crippen LogP contribution in [0.15, 0.2) is 54.6 Å². The summed E-state index contributed by atoms with van der Waals surface area (Å²) in [7, 11) is 0. The standard InChI is InChI=1S/C20H24O4/c21-20(22)14-6-1-2-9-15-23-18-12-7-8-13-19(18)24-16-17-10-4-3-5-11-17/h3-5,7-8,10-13H,1-2,6,9,14-16H2,(H,21,22). The number of ether oxygens (including phenoxy) is 2. The first kappa shape index (κ1) is 17.9. The summed E-state index contributed by atoms with van der Waals surface area (Å²) in [6.07, 6.45) is 3.78. The molecule has 2 aromatic rings. The lowest BCUT2D eigenvalue weighted by Crippen LogP contribution is -2.01. The fourth-order valence-corrected chi connectivity index (χ4v) is 2.34. The predicted octanol–water partition coefficient (Wildman–Crippen LogP) is 4.68. The molecule has 0 atom stereocenters. The van der Waals surface area contributed by atoms with Crippen LogP contribution in [-0.2, 0) is 11.4 Å². The molecule has 2 aromatic carbocycles. The summed E-state index contributed by atoms with van der Waals surface area (Å²) in [6, 6.07) is 17.7. The monoisotopic (exact) mass is 328 g/mol. The van der Waals surface area contributed by atoms with Crippen LogP contribution < -0.4 is 9.47 Å². The van der Waals surface area contributed by atoms with E-state index in [1.54, 1.807) is 0 Å². The molecule has 0 unspecified atom stereocenters. The Morgan fingerprint density at radius 3 is 2.12 bits per heavy atom. The molecule has 1 N–H and O–H groups in total. The van der Waals surface area contributed by atoms with Crippen molar-refractivity contribution < 1.29 is 19.4 Å². The van der Waals surface area contributed by atoms with E-state index in [2.05, 4.69) is 0 Å². The maximum Gasteiger partial charge on any atom is 0.303 e. The molecule has 0 fully saturated rings. The molecule has 0 aromatic heterocycles. The highest BCUT2D eigenvalue weighted by molar-refractivity contribution is 5.66. The number of hydrogen-bond acceptors (Lipinski definition) is 3. The quantitative estimate of drug-likeness (QED) is 0.609. The molecule has 0 aliphatic heterocycles. The molecule has 0 spiro atoms. The van der Waals surface area contributed by atoms with Gasteiger partial charge in [0.15, 0.2) is 11.5 Å². The second-order valence-electron chi connectivity index (χ2n) is 5.63. The van der Waals surface area contributed by atoms with Gasteiger partial charge in [0.25, 0.3) is 0 Å². The highest BCUT2D eigenvalue weighted by atomic mass is 16.5. The molecule has 2 rings (SSSR count). The Hall–Kier alpha value is -2.49. The number of para-hydroxylation sites is 2. The number of unbranched alkanes of at least 4 members (excludes halogenated alkanes) is 3. The maximum atomic E-state index is 10.4. The first-order valence-electron chi connectivity index (χ1n) is 8.36. The number of rotatable bonds is 11. The highest BCUT2D eigenvalue weighted by Crippen LogP contribution is 2.27. The Kier molecular flexibility index (Phi) is 7.68. The summed E-state index contributed by atoms with van der Waals surface area (Å²) in [4.78, 5) is 10.4. The summed E-state index contributed by atoms with van der Waals surface area (Å²) >= 11 is 0. The van der Waals surface area contributed by atoms with E-state index in [9.17, 15) is 4.79 Å². The van der Waals surface area contributed by atoms with Gasteiger partial charge in [0.05, 0.1) is 6.61 Å². The van der Waals surface area contributed by atoms with Gasteiger partial charge in [0.2, 0.25) is 0 Å². The first-order valence-corrected chi connectivity index (χ1v) is 8.36. The third kappa shape index (κ3) is 6.73. The van der Waals surface area contributed by atoms with Crippen molar-refractivity contribution in [1.82, 2.24) is 0 Å². The zero-order valence-corrected chi connectivity index (χ0v) is 13.8. The van der Waals surface area contributed by atoms with Crippen LogP contribution in [0.3, 0.4) is 0 Å². The minimum atomic E-state index is -0.726. The molecule has 0 saturated carbocycles. The lowest BCUT2D eigenvalue weighted by atomic mass is 10.1. The van der Waals surface area contributed by atoms with Gasteiger partial charge in [-0.15, -0.1) is 0 Å². The summed E-state index contributed by atoms with van der Waals surface area (Å²) in [6.45, 7) is 1.12. The Balaban J connectivity index is 1.72. The number of carboxylic acids is 1. The number of aliphatic carboxylic acids is 1. The number of carboxylic acid groups (broad SMARTS) is 1. The number of benzene rings is 2. The summed E-state index contributed by atoms with van der Waals surface area (Å²) < 4.78 is 11.7. The van der Waals surface area contributed by atoms with E-state index in [0.29, 0.717) is 13.2 Å². The van der Waals surface area contributed by atoms with E-state index in [-0.39, 0.29) is 6.42 Å². The molecule has 0 heterocycles. The lowest BCUT2D eigenvalue weighted by Gasteiger charge is -2.12. The fraction of sp³-hybridized carbons (Fsp3) is 0.350. The van der Waals surface area contributed by atoms with Crippen molar-refractivity contribution in [3.8, 4) is 11.5 Å². The van der Waals surface area contributed by atoms with Crippen LogP contribution >= 0.6 is 0 Å². The SMILES string of the molecule is O=C(O)CCCCCCOc1ccccc1OCc1ccccc1. The van der Waals surface area contributed by atoms with Gasteiger partial charge in [-0.1, -0.05) is 55.3 Å². The van der Waals surface area contributed by atoms with Gasteiger partial charge in [-0.3, -0.25) is 4.79 Å². The Labute approximate surface area is 143 Å². The van der Waals surface area contributed by atoms with E-state index >= 15 is 0 Å². The molecular weight excluding hydrogens is 304 g/mol. The second-order valence-corrected chi connectivity index (χ2v) is 5.63.